The molecule has 0 spiro atoms. The van der Waals surface area contributed by atoms with Crippen molar-refractivity contribution in [3.63, 3.8) is 0 Å². The van der Waals surface area contributed by atoms with E-state index in [1.54, 1.807) is 0 Å². The van der Waals surface area contributed by atoms with Crippen LogP contribution in [-0.4, -0.2) is 41.7 Å². The minimum absolute atomic E-state index is 0.0285. The molecule has 1 aromatic heterocycles. The number of aromatic nitrogens is 1. The second-order valence-corrected chi connectivity index (χ2v) is 6.59. The molecule has 1 aliphatic heterocycles. The van der Waals surface area contributed by atoms with Crippen molar-refractivity contribution in [1.29, 1.82) is 0 Å². The van der Waals surface area contributed by atoms with E-state index in [9.17, 15) is 4.79 Å². The van der Waals surface area contributed by atoms with E-state index in [2.05, 4.69) is 78.2 Å². The van der Waals surface area contributed by atoms with Gasteiger partial charge in [-0.05, 0) is 44.5 Å². The van der Waals surface area contributed by atoms with Crippen LogP contribution in [0.15, 0.2) is 42.6 Å². The summed E-state index contributed by atoms with van der Waals surface area (Å²) in [5.74, 6) is 0. The largest absolute Gasteiger partial charge is 0.370 e. The number of para-hydroxylation sites is 1. The van der Waals surface area contributed by atoms with Crippen molar-refractivity contribution < 1.29 is 4.79 Å². The van der Waals surface area contributed by atoms with Gasteiger partial charge in [-0.1, -0.05) is 18.2 Å². The van der Waals surface area contributed by atoms with Crippen LogP contribution in [0.4, 0.5) is 10.5 Å². The fourth-order valence-electron chi connectivity index (χ4n) is 3.62. The fraction of sp³-hybridized carbons (Fsp3) is 0.450. The molecule has 1 unspecified atom stereocenters. The van der Waals surface area contributed by atoms with E-state index in [0.717, 1.165) is 26.2 Å². The Hall–Kier alpha value is -2.43. The molecule has 0 bridgehead atoms. The van der Waals surface area contributed by atoms with E-state index in [-0.39, 0.29) is 12.1 Å². The summed E-state index contributed by atoms with van der Waals surface area (Å²) in [5, 5.41) is 3.10. The van der Waals surface area contributed by atoms with E-state index in [4.69, 9.17) is 0 Å². The lowest BCUT2D eigenvalue weighted by Crippen LogP contribution is -2.47. The summed E-state index contributed by atoms with van der Waals surface area (Å²) in [6, 6.07) is 12.7. The summed E-state index contributed by atoms with van der Waals surface area (Å²) in [6.07, 6.45) is 2.09. The lowest BCUT2D eigenvalue weighted by atomic mass is 10.1. The van der Waals surface area contributed by atoms with Crippen LogP contribution in [0.3, 0.4) is 0 Å². The highest BCUT2D eigenvalue weighted by atomic mass is 16.2. The first-order valence-corrected chi connectivity index (χ1v) is 9.12. The maximum absolute atomic E-state index is 12.6. The number of rotatable bonds is 5. The number of likely N-dealkylation sites (N-methyl/N-ethyl adjacent to an activating group) is 1. The van der Waals surface area contributed by atoms with Crippen molar-refractivity contribution in [3.8, 4) is 0 Å². The number of fused-ring (bicyclic) bond motifs is 1. The smallest absolute Gasteiger partial charge is 0.318 e. The van der Waals surface area contributed by atoms with E-state index < -0.39 is 0 Å². The third kappa shape index (κ3) is 3.65. The number of carbonyl (C=O) groups is 1. The van der Waals surface area contributed by atoms with E-state index in [0.29, 0.717) is 6.54 Å². The predicted octanol–water partition coefficient (Wildman–Crippen LogP) is 3.41. The van der Waals surface area contributed by atoms with Gasteiger partial charge >= 0.3 is 6.03 Å². The van der Waals surface area contributed by atoms with E-state index in [1.165, 1.54) is 16.9 Å². The summed E-state index contributed by atoms with van der Waals surface area (Å²) in [6.45, 7) is 10.4. The molecule has 3 rings (SSSR count). The molecule has 2 amide bonds. The van der Waals surface area contributed by atoms with Crippen molar-refractivity contribution in [2.45, 2.75) is 33.4 Å². The molecule has 0 aliphatic carbocycles. The Morgan fingerprint density at radius 1 is 1.24 bits per heavy atom. The van der Waals surface area contributed by atoms with Crippen LogP contribution < -0.4 is 10.2 Å². The minimum atomic E-state index is 0.0285. The Morgan fingerprint density at radius 2 is 2.04 bits per heavy atom. The van der Waals surface area contributed by atoms with Crippen molar-refractivity contribution in [3.05, 3.63) is 53.9 Å². The number of amides is 2. The summed E-state index contributed by atoms with van der Waals surface area (Å²) < 4.78 is 2.23. The van der Waals surface area contributed by atoms with Crippen molar-refractivity contribution in [2.24, 2.45) is 0 Å². The zero-order valence-electron chi connectivity index (χ0n) is 15.4. The number of urea groups is 1. The standard InChI is InChI=1S/C20H28N4O/c1-4-22(18-9-6-5-8-16(18)2)13-11-21-20(25)24-15-14-23-12-7-10-19(23)17(24)3/h5-10,12,17H,4,11,13-15H2,1-3H3,(H,21,25). The SMILES string of the molecule is CCN(CCNC(=O)N1CCn2cccc2C1C)c1ccccc1C. The van der Waals surface area contributed by atoms with Gasteiger partial charge in [0.25, 0.3) is 0 Å². The maximum Gasteiger partial charge on any atom is 0.318 e. The van der Waals surface area contributed by atoms with Crippen LogP contribution in [0.1, 0.15) is 31.1 Å². The zero-order valence-corrected chi connectivity index (χ0v) is 15.4. The maximum atomic E-state index is 12.6. The van der Waals surface area contributed by atoms with E-state index >= 15 is 0 Å². The number of nitrogens with one attached hydrogen (secondary N) is 1. The van der Waals surface area contributed by atoms with Crippen LogP contribution in [-0.2, 0) is 6.54 Å². The van der Waals surface area contributed by atoms with Crippen LogP contribution in [0.25, 0.3) is 0 Å². The third-order valence-electron chi connectivity index (χ3n) is 5.10. The van der Waals surface area contributed by atoms with Gasteiger partial charge in [0.05, 0.1) is 6.04 Å². The molecule has 134 valence electrons. The van der Waals surface area contributed by atoms with Gasteiger partial charge in [0.2, 0.25) is 0 Å². The van der Waals surface area contributed by atoms with Crippen molar-refractivity contribution in [2.75, 3.05) is 31.1 Å². The number of hydrogen-bond donors (Lipinski definition) is 1. The minimum Gasteiger partial charge on any atom is -0.370 e. The first kappa shape index (κ1) is 17.4. The molecule has 2 aromatic rings. The number of anilines is 1. The molecule has 5 nitrogen and oxygen atoms in total. The normalized spacial score (nSPS) is 16.4. The quantitative estimate of drug-likeness (QED) is 0.906. The lowest BCUT2D eigenvalue weighted by molar-refractivity contribution is 0.162. The van der Waals surface area contributed by atoms with Crippen molar-refractivity contribution >= 4 is 11.7 Å². The molecule has 0 saturated carbocycles. The molecule has 0 saturated heterocycles. The number of aryl methyl sites for hydroxylation is 1. The first-order chi connectivity index (χ1) is 12.1. The van der Waals surface area contributed by atoms with Crippen LogP contribution >= 0.6 is 0 Å². The molecular weight excluding hydrogens is 312 g/mol. The highest BCUT2D eigenvalue weighted by Crippen LogP contribution is 2.25. The molecule has 1 N–H and O–H groups in total. The molecule has 1 aromatic carbocycles. The van der Waals surface area contributed by atoms with Gasteiger partial charge in [-0.2, -0.15) is 0 Å². The molecule has 2 heterocycles. The highest BCUT2D eigenvalue weighted by molar-refractivity contribution is 5.75. The molecule has 0 fully saturated rings. The van der Waals surface area contributed by atoms with Gasteiger partial charge in [0.1, 0.15) is 0 Å². The van der Waals surface area contributed by atoms with Gasteiger partial charge in [-0.3, -0.25) is 0 Å². The summed E-state index contributed by atoms with van der Waals surface area (Å²) in [7, 11) is 0. The van der Waals surface area contributed by atoms with Crippen LogP contribution in [0, 0.1) is 6.92 Å². The number of benzene rings is 1. The predicted molar refractivity (Wildman–Crippen MR) is 102 cm³/mol. The lowest BCUT2D eigenvalue weighted by Gasteiger charge is -2.35. The zero-order chi connectivity index (χ0) is 17.8. The first-order valence-electron chi connectivity index (χ1n) is 9.12. The van der Waals surface area contributed by atoms with Crippen molar-refractivity contribution in [1.82, 2.24) is 14.8 Å². The molecular formula is C20H28N4O. The molecule has 0 radical (unpaired) electrons. The van der Waals surface area contributed by atoms with Crippen LogP contribution in [0.2, 0.25) is 0 Å². The number of nitrogens with zero attached hydrogens (tertiary/aromatic N) is 3. The average Bonchev–Trinajstić information content (AvgIpc) is 3.09. The number of carbonyl (C=O) groups excluding carboxylic acids is 1. The monoisotopic (exact) mass is 340 g/mol. The van der Waals surface area contributed by atoms with Gasteiger partial charge in [-0.15, -0.1) is 0 Å². The average molecular weight is 340 g/mol. The van der Waals surface area contributed by atoms with E-state index in [1.807, 2.05) is 4.90 Å². The van der Waals surface area contributed by atoms with Gasteiger partial charge in [0, 0.05) is 50.3 Å². The summed E-state index contributed by atoms with van der Waals surface area (Å²) in [4.78, 5) is 16.8. The molecule has 1 aliphatic rings. The Labute approximate surface area is 150 Å². The molecule has 1 atom stereocenters. The number of hydrogen-bond acceptors (Lipinski definition) is 2. The highest BCUT2D eigenvalue weighted by Gasteiger charge is 2.27. The van der Waals surface area contributed by atoms with Crippen LogP contribution in [0.5, 0.6) is 0 Å². The second-order valence-electron chi connectivity index (χ2n) is 6.59. The Kier molecular flexibility index (Phi) is 5.31. The Morgan fingerprint density at radius 3 is 2.80 bits per heavy atom. The molecule has 25 heavy (non-hydrogen) atoms. The summed E-state index contributed by atoms with van der Waals surface area (Å²) >= 11 is 0. The Bertz CT molecular complexity index is 724. The van der Waals surface area contributed by atoms with Gasteiger partial charge in [0.15, 0.2) is 0 Å². The topological polar surface area (TPSA) is 40.5 Å². The van der Waals surface area contributed by atoms with Gasteiger partial charge in [-0.25, -0.2) is 4.79 Å². The second kappa shape index (κ2) is 7.64. The van der Waals surface area contributed by atoms with Gasteiger partial charge < -0.3 is 19.7 Å². The third-order valence-corrected chi connectivity index (χ3v) is 5.10. The molecule has 5 heteroatoms. The summed E-state index contributed by atoms with van der Waals surface area (Å²) in [5.41, 5.74) is 3.71. The Balaban J connectivity index is 1.55. The fourth-order valence-corrected chi connectivity index (χ4v) is 3.62.